The maximum Gasteiger partial charge on any atom is 0.127 e. The van der Waals surface area contributed by atoms with Gasteiger partial charge in [-0.25, -0.2) is 4.39 Å². The van der Waals surface area contributed by atoms with Gasteiger partial charge in [0.15, 0.2) is 0 Å². The molecule has 1 unspecified atom stereocenters. The van der Waals surface area contributed by atoms with Gasteiger partial charge in [-0.05, 0) is 30.9 Å². The van der Waals surface area contributed by atoms with Crippen LogP contribution < -0.4 is 11.3 Å². The van der Waals surface area contributed by atoms with Crippen molar-refractivity contribution in [1.29, 1.82) is 0 Å². The molecule has 0 saturated carbocycles. The van der Waals surface area contributed by atoms with Crippen LogP contribution >= 0.6 is 11.6 Å². The molecule has 0 aliphatic carbocycles. The first-order valence-corrected chi connectivity index (χ1v) is 5.81. The van der Waals surface area contributed by atoms with Crippen molar-refractivity contribution >= 4 is 11.6 Å². The predicted octanol–water partition coefficient (Wildman–Crippen LogP) is 2.90. The van der Waals surface area contributed by atoms with Crippen LogP contribution in [0.3, 0.4) is 0 Å². The Morgan fingerprint density at radius 3 is 2.62 bits per heavy atom. The van der Waals surface area contributed by atoms with Gasteiger partial charge in [0.1, 0.15) is 5.82 Å². The van der Waals surface area contributed by atoms with Crippen LogP contribution in [-0.2, 0) is 6.42 Å². The number of rotatable bonds is 5. The summed E-state index contributed by atoms with van der Waals surface area (Å²) in [6.45, 7) is 4.21. The molecule has 0 radical (unpaired) electrons. The zero-order valence-electron chi connectivity index (χ0n) is 9.63. The molecule has 0 heterocycles. The van der Waals surface area contributed by atoms with E-state index >= 15 is 0 Å². The van der Waals surface area contributed by atoms with Crippen LogP contribution in [0.1, 0.15) is 25.8 Å². The molecule has 2 nitrogen and oxygen atoms in total. The van der Waals surface area contributed by atoms with Gasteiger partial charge < -0.3 is 0 Å². The van der Waals surface area contributed by atoms with Crippen LogP contribution in [0.4, 0.5) is 4.39 Å². The van der Waals surface area contributed by atoms with E-state index in [-0.39, 0.29) is 11.9 Å². The highest BCUT2D eigenvalue weighted by atomic mass is 35.5. The van der Waals surface area contributed by atoms with E-state index in [1.807, 2.05) is 0 Å². The molecule has 3 N–H and O–H groups in total. The van der Waals surface area contributed by atoms with Crippen LogP contribution in [-0.4, -0.2) is 6.04 Å². The summed E-state index contributed by atoms with van der Waals surface area (Å²) in [6, 6.07) is 4.77. The Balaban J connectivity index is 2.77. The molecule has 1 atom stereocenters. The Bertz CT molecular complexity index is 322. The zero-order chi connectivity index (χ0) is 12.1. The summed E-state index contributed by atoms with van der Waals surface area (Å²) in [7, 11) is 0. The minimum absolute atomic E-state index is 0.0504. The molecule has 1 aromatic rings. The summed E-state index contributed by atoms with van der Waals surface area (Å²) in [4.78, 5) is 0. The second-order valence-electron chi connectivity index (χ2n) is 4.40. The normalized spacial score (nSPS) is 13.1. The van der Waals surface area contributed by atoms with Crippen LogP contribution in [0.15, 0.2) is 18.2 Å². The molecule has 16 heavy (non-hydrogen) atoms. The summed E-state index contributed by atoms with van der Waals surface area (Å²) in [5.41, 5.74) is 3.25. The first kappa shape index (κ1) is 13.4. The van der Waals surface area contributed by atoms with E-state index in [0.29, 0.717) is 22.9 Å². The summed E-state index contributed by atoms with van der Waals surface area (Å²) in [6.07, 6.45) is 1.40. The third kappa shape index (κ3) is 3.74. The fraction of sp³-hybridized carbons (Fsp3) is 0.500. The van der Waals surface area contributed by atoms with Crippen molar-refractivity contribution in [1.82, 2.24) is 5.43 Å². The lowest BCUT2D eigenvalue weighted by Gasteiger charge is -2.18. The smallest absolute Gasteiger partial charge is 0.127 e. The second kappa shape index (κ2) is 6.18. The van der Waals surface area contributed by atoms with Gasteiger partial charge in [0.2, 0.25) is 0 Å². The van der Waals surface area contributed by atoms with Crippen molar-refractivity contribution in [3.05, 3.63) is 34.6 Å². The van der Waals surface area contributed by atoms with E-state index in [1.54, 1.807) is 12.1 Å². The van der Waals surface area contributed by atoms with E-state index in [9.17, 15) is 4.39 Å². The summed E-state index contributed by atoms with van der Waals surface area (Å²) < 4.78 is 13.5. The van der Waals surface area contributed by atoms with Crippen LogP contribution in [0.25, 0.3) is 0 Å². The Hall–Kier alpha value is -0.640. The number of nitrogens with one attached hydrogen (secondary N) is 1. The van der Waals surface area contributed by atoms with Crippen molar-refractivity contribution in [3.63, 3.8) is 0 Å². The maximum atomic E-state index is 13.5. The molecular weight excluding hydrogens is 227 g/mol. The SMILES string of the molecule is CC(C)CC(Cc1c(F)cccc1Cl)NN. The van der Waals surface area contributed by atoms with E-state index in [0.717, 1.165) is 6.42 Å². The zero-order valence-corrected chi connectivity index (χ0v) is 10.4. The van der Waals surface area contributed by atoms with Crippen molar-refractivity contribution in [2.45, 2.75) is 32.7 Å². The van der Waals surface area contributed by atoms with Gasteiger partial charge in [-0.2, -0.15) is 0 Å². The molecular formula is C12H18ClFN2. The molecule has 0 bridgehead atoms. The molecule has 1 rings (SSSR count). The highest BCUT2D eigenvalue weighted by molar-refractivity contribution is 6.31. The van der Waals surface area contributed by atoms with E-state index < -0.39 is 0 Å². The van der Waals surface area contributed by atoms with Crippen LogP contribution in [0.5, 0.6) is 0 Å². The van der Waals surface area contributed by atoms with Crippen molar-refractivity contribution in [2.24, 2.45) is 11.8 Å². The van der Waals surface area contributed by atoms with Crippen molar-refractivity contribution < 1.29 is 4.39 Å². The van der Waals surface area contributed by atoms with Gasteiger partial charge >= 0.3 is 0 Å². The van der Waals surface area contributed by atoms with Gasteiger partial charge in [-0.15, -0.1) is 0 Å². The lowest BCUT2D eigenvalue weighted by molar-refractivity contribution is 0.418. The number of benzene rings is 1. The highest BCUT2D eigenvalue weighted by Gasteiger charge is 2.14. The van der Waals surface area contributed by atoms with Gasteiger partial charge in [0, 0.05) is 16.6 Å². The molecule has 0 saturated heterocycles. The first-order valence-electron chi connectivity index (χ1n) is 5.43. The number of hydrogen-bond donors (Lipinski definition) is 2. The van der Waals surface area contributed by atoms with Gasteiger partial charge in [-0.1, -0.05) is 31.5 Å². The third-order valence-corrected chi connectivity index (χ3v) is 2.86. The minimum atomic E-state index is -0.267. The van der Waals surface area contributed by atoms with Crippen LogP contribution in [0, 0.1) is 11.7 Å². The topological polar surface area (TPSA) is 38.0 Å². The fourth-order valence-electron chi connectivity index (χ4n) is 1.75. The van der Waals surface area contributed by atoms with Crippen molar-refractivity contribution in [2.75, 3.05) is 0 Å². The molecule has 0 fully saturated rings. The van der Waals surface area contributed by atoms with Crippen molar-refractivity contribution in [3.8, 4) is 0 Å². The first-order chi connectivity index (χ1) is 7.54. The summed E-state index contributed by atoms with van der Waals surface area (Å²) in [5.74, 6) is 5.69. The minimum Gasteiger partial charge on any atom is -0.271 e. The Morgan fingerprint density at radius 2 is 2.12 bits per heavy atom. The monoisotopic (exact) mass is 244 g/mol. The molecule has 4 heteroatoms. The number of hydrazine groups is 1. The highest BCUT2D eigenvalue weighted by Crippen LogP contribution is 2.21. The van der Waals surface area contributed by atoms with E-state index in [4.69, 9.17) is 17.4 Å². The number of halogens is 2. The molecule has 0 amide bonds. The lowest BCUT2D eigenvalue weighted by atomic mass is 9.97. The lowest BCUT2D eigenvalue weighted by Crippen LogP contribution is -2.38. The summed E-state index contributed by atoms with van der Waals surface area (Å²) in [5, 5.41) is 0.462. The molecule has 1 aromatic carbocycles. The standard InChI is InChI=1S/C12H18ClFN2/c1-8(2)6-9(16-15)7-10-11(13)4-3-5-12(10)14/h3-5,8-9,16H,6-7,15H2,1-2H3. The molecule has 0 aliphatic rings. The Kier molecular flexibility index (Phi) is 5.19. The molecule has 0 aromatic heterocycles. The number of nitrogens with two attached hydrogens (primary N) is 1. The van der Waals surface area contributed by atoms with Gasteiger partial charge in [0.05, 0.1) is 0 Å². The quantitative estimate of drug-likeness (QED) is 0.618. The summed E-state index contributed by atoms with van der Waals surface area (Å²) >= 11 is 5.96. The van der Waals surface area contributed by atoms with Crippen LogP contribution in [0.2, 0.25) is 5.02 Å². The fourth-order valence-corrected chi connectivity index (χ4v) is 1.99. The molecule has 0 spiro atoms. The van der Waals surface area contributed by atoms with Gasteiger partial charge in [0.25, 0.3) is 0 Å². The Morgan fingerprint density at radius 1 is 1.44 bits per heavy atom. The largest absolute Gasteiger partial charge is 0.271 e. The Labute approximate surface area is 101 Å². The third-order valence-electron chi connectivity index (χ3n) is 2.50. The van der Waals surface area contributed by atoms with Gasteiger partial charge in [-0.3, -0.25) is 11.3 Å². The predicted molar refractivity (Wildman–Crippen MR) is 65.7 cm³/mol. The average Bonchev–Trinajstić information content (AvgIpc) is 2.21. The average molecular weight is 245 g/mol. The molecule has 0 aliphatic heterocycles. The van der Waals surface area contributed by atoms with E-state index in [2.05, 4.69) is 19.3 Å². The number of hydrogen-bond acceptors (Lipinski definition) is 2. The van der Waals surface area contributed by atoms with E-state index in [1.165, 1.54) is 6.07 Å². The second-order valence-corrected chi connectivity index (χ2v) is 4.80. The maximum absolute atomic E-state index is 13.5. The molecule has 90 valence electrons.